The molecular weight excluding hydrogens is 535 g/mol. The second-order valence-corrected chi connectivity index (χ2v) is 9.23. The van der Waals surface area contributed by atoms with E-state index in [1.165, 1.54) is 11.0 Å². The Balaban J connectivity index is 1.56. The second-order valence-electron chi connectivity index (χ2n) is 7.99. The van der Waals surface area contributed by atoms with Crippen LogP contribution >= 0.6 is 22.6 Å². The van der Waals surface area contributed by atoms with Crippen molar-refractivity contribution in [1.82, 2.24) is 10.2 Å². The van der Waals surface area contributed by atoms with E-state index in [4.69, 9.17) is 9.47 Å². The van der Waals surface area contributed by atoms with E-state index < -0.39 is 17.8 Å². The molecule has 1 aliphatic heterocycles. The average Bonchev–Trinajstić information content (AvgIpc) is 3.31. The van der Waals surface area contributed by atoms with Crippen LogP contribution in [0.15, 0.2) is 48.0 Å². The van der Waals surface area contributed by atoms with E-state index in [1.807, 2.05) is 31.2 Å². The number of ether oxygens (including phenoxy) is 2. The lowest BCUT2D eigenvalue weighted by atomic mass is 10.0. The number of rotatable bonds is 7. The molecule has 1 aliphatic carbocycles. The Morgan fingerprint density at radius 3 is 2.45 bits per heavy atom. The van der Waals surface area contributed by atoms with E-state index in [9.17, 15) is 14.4 Å². The summed E-state index contributed by atoms with van der Waals surface area (Å²) < 4.78 is 12.8. The number of hydrogen-bond donors (Lipinski definition) is 1. The number of hydrogen-bond acceptors (Lipinski definition) is 5. The van der Waals surface area contributed by atoms with Crippen LogP contribution in [0.4, 0.5) is 4.79 Å². The zero-order chi connectivity index (χ0) is 23.4. The quantitative estimate of drug-likeness (QED) is 0.302. The van der Waals surface area contributed by atoms with Crippen molar-refractivity contribution in [2.75, 3.05) is 6.61 Å². The molecule has 7 nitrogen and oxygen atoms in total. The monoisotopic (exact) mass is 560 g/mol. The van der Waals surface area contributed by atoms with Crippen LogP contribution in [0.1, 0.15) is 43.7 Å². The number of carbonyl (C=O) groups is 3. The highest BCUT2D eigenvalue weighted by atomic mass is 127. The largest absolute Gasteiger partial charge is 0.490 e. The van der Waals surface area contributed by atoms with Gasteiger partial charge in [-0.15, -0.1) is 0 Å². The predicted octanol–water partition coefficient (Wildman–Crippen LogP) is 4.67. The van der Waals surface area contributed by atoms with Crippen LogP contribution in [-0.2, 0) is 16.2 Å². The molecule has 2 fully saturated rings. The highest BCUT2D eigenvalue weighted by Crippen LogP contribution is 2.31. The van der Waals surface area contributed by atoms with Crippen LogP contribution in [-0.4, -0.2) is 35.4 Å². The van der Waals surface area contributed by atoms with Crippen LogP contribution in [0.5, 0.6) is 11.5 Å². The number of amides is 4. The third-order valence-electron chi connectivity index (χ3n) is 5.71. The summed E-state index contributed by atoms with van der Waals surface area (Å²) >= 11 is 2.25. The fourth-order valence-electron chi connectivity index (χ4n) is 4.08. The average molecular weight is 560 g/mol. The summed E-state index contributed by atoms with van der Waals surface area (Å²) in [5, 5.41) is 2.30. The standard InChI is InChI=1S/C25H25IN2O5/c1-2-32-22-14-17(9-12-21(22)33-15-16-7-10-18(26)11-8-16)13-20-23(29)27-25(31)28(24(20)30)19-5-3-4-6-19/h7-14,19H,2-6,15H2,1H3,(H,27,29,31)/b20-13+. The Morgan fingerprint density at radius 1 is 1.03 bits per heavy atom. The maximum atomic E-state index is 13.0. The van der Waals surface area contributed by atoms with Crippen molar-refractivity contribution in [3.05, 3.63) is 62.7 Å². The number of urea groups is 1. The molecule has 8 heteroatoms. The van der Waals surface area contributed by atoms with Crippen molar-refractivity contribution in [2.24, 2.45) is 0 Å². The van der Waals surface area contributed by atoms with Crippen molar-refractivity contribution < 1.29 is 23.9 Å². The molecule has 172 valence electrons. The molecule has 33 heavy (non-hydrogen) atoms. The van der Waals surface area contributed by atoms with Gasteiger partial charge in [0.2, 0.25) is 0 Å². The number of imide groups is 2. The van der Waals surface area contributed by atoms with E-state index in [1.54, 1.807) is 18.2 Å². The topological polar surface area (TPSA) is 84.9 Å². The number of nitrogens with zero attached hydrogens (tertiary/aromatic N) is 1. The van der Waals surface area contributed by atoms with Gasteiger partial charge in [-0.05, 0) is 83.8 Å². The van der Waals surface area contributed by atoms with Gasteiger partial charge in [-0.2, -0.15) is 0 Å². The number of nitrogens with one attached hydrogen (secondary N) is 1. The Labute approximate surface area is 206 Å². The maximum Gasteiger partial charge on any atom is 0.331 e. The van der Waals surface area contributed by atoms with Gasteiger partial charge in [0.15, 0.2) is 11.5 Å². The molecule has 0 aromatic heterocycles. The zero-order valence-corrected chi connectivity index (χ0v) is 20.5. The van der Waals surface area contributed by atoms with Crippen LogP contribution in [0.25, 0.3) is 6.08 Å². The first-order valence-corrected chi connectivity index (χ1v) is 12.1. The van der Waals surface area contributed by atoms with Gasteiger partial charge in [-0.1, -0.05) is 31.0 Å². The minimum absolute atomic E-state index is 0.0588. The molecule has 2 aromatic rings. The normalized spacial score (nSPS) is 18.1. The van der Waals surface area contributed by atoms with Crippen LogP contribution in [0, 0.1) is 3.57 Å². The number of carbonyl (C=O) groups excluding carboxylic acids is 3. The lowest BCUT2D eigenvalue weighted by molar-refractivity contribution is -0.131. The molecule has 0 unspecified atom stereocenters. The van der Waals surface area contributed by atoms with Crippen molar-refractivity contribution in [2.45, 2.75) is 45.3 Å². The van der Waals surface area contributed by atoms with Gasteiger partial charge in [0.1, 0.15) is 12.2 Å². The van der Waals surface area contributed by atoms with Gasteiger partial charge in [-0.25, -0.2) is 4.79 Å². The number of halogens is 1. The molecular formula is C25H25IN2O5. The molecule has 0 radical (unpaired) electrons. The van der Waals surface area contributed by atoms with E-state index in [-0.39, 0.29) is 11.6 Å². The van der Waals surface area contributed by atoms with Crippen molar-refractivity contribution in [3.8, 4) is 11.5 Å². The third kappa shape index (κ3) is 5.38. The minimum Gasteiger partial charge on any atom is -0.490 e. The van der Waals surface area contributed by atoms with E-state index >= 15 is 0 Å². The Morgan fingerprint density at radius 2 is 1.76 bits per heavy atom. The van der Waals surface area contributed by atoms with Crippen LogP contribution in [0.3, 0.4) is 0 Å². The summed E-state index contributed by atoms with van der Waals surface area (Å²) in [5.41, 5.74) is 1.58. The minimum atomic E-state index is -0.684. The summed E-state index contributed by atoms with van der Waals surface area (Å²) in [6.45, 7) is 2.69. The SMILES string of the molecule is CCOc1cc(/C=C2\C(=O)NC(=O)N(C3CCCC3)C2=O)ccc1OCc1ccc(I)cc1. The Hall–Kier alpha value is -2.88. The second kappa shape index (κ2) is 10.4. The third-order valence-corrected chi connectivity index (χ3v) is 6.43. The fraction of sp³-hybridized carbons (Fsp3) is 0.320. The van der Waals surface area contributed by atoms with Gasteiger partial charge in [-0.3, -0.25) is 19.8 Å². The first kappa shape index (κ1) is 23.3. The van der Waals surface area contributed by atoms with E-state index in [0.29, 0.717) is 30.3 Å². The van der Waals surface area contributed by atoms with Gasteiger partial charge in [0, 0.05) is 9.61 Å². The highest BCUT2D eigenvalue weighted by molar-refractivity contribution is 14.1. The molecule has 2 aromatic carbocycles. The van der Waals surface area contributed by atoms with Gasteiger partial charge < -0.3 is 9.47 Å². The Kier molecular flexibility index (Phi) is 7.32. The first-order chi connectivity index (χ1) is 16.0. The lowest BCUT2D eigenvalue weighted by Gasteiger charge is -2.31. The highest BCUT2D eigenvalue weighted by Gasteiger charge is 2.40. The maximum absolute atomic E-state index is 13.0. The summed E-state index contributed by atoms with van der Waals surface area (Å²) in [7, 11) is 0. The summed E-state index contributed by atoms with van der Waals surface area (Å²) in [4.78, 5) is 39.0. The molecule has 1 N–H and O–H groups in total. The first-order valence-electron chi connectivity index (χ1n) is 11.0. The van der Waals surface area contributed by atoms with Crippen molar-refractivity contribution in [3.63, 3.8) is 0 Å². The molecule has 4 rings (SSSR count). The predicted molar refractivity (Wildman–Crippen MR) is 132 cm³/mol. The fourth-order valence-corrected chi connectivity index (χ4v) is 4.44. The van der Waals surface area contributed by atoms with E-state index in [2.05, 4.69) is 27.9 Å². The molecule has 4 amide bonds. The molecule has 2 aliphatic rings. The van der Waals surface area contributed by atoms with Crippen LogP contribution in [0.2, 0.25) is 0 Å². The van der Waals surface area contributed by atoms with E-state index in [0.717, 1.165) is 34.8 Å². The number of barbiturate groups is 1. The van der Waals surface area contributed by atoms with Crippen molar-refractivity contribution in [1.29, 1.82) is 0 Å². The number of benzene rings is 2. The molecule has 0 bridgehead atoms. The van der Waals surface area contributed by atoms with Gasteiger partial charge >= 0.3 is 6.03 Å². The van der Waals surface area contributed by atoms with Crippen molar-refractivity contribution >= 4 is 46.5 Å². The molecule has 0 spiro atoms. The lowest BCUT2D eigenvalue weighted by Crippen LogP contribution is -2.57. The molecule has 1 heterocycles. The van der Waals surface area contributed by atoms with Gasteiger partial charge in [0.25, 0.3) is 11.8 Å². The summed E-state index contributed by atoms with van der Waals surface area (Å²) in [6.07, 6.45) is 4.97. The Bertz CT molecular complexity index is 1090. The van der Waals surface area contributed by atoms with Gasteiger partial charge in [0.05, 0.1) is 6.61 Å². The molecule has 0 atom stereocenters. The summed E-state index contributed by atoms with van der Waals surface area (Å²) in [6, 6.07) is 12.5. The smallest absolute Gasteiger partial charge is 0.331 e. The molecule has 1 saturated heterocycles. The zero-order valence-electron chi connectivity index (χ0n) is 18.3. The summed E-state index contributed by atoms with van der Waals surface area (Å²) in [5.74, 6) is -0.145. The molecule has 1 saturated carbocycles. The van der Waals surface area contributed by atoms with Crippen LogP contribution < -0.4 is 14.8 Å².